The number of hydrogen-bond donors (Lipinski definition) is 1. The van der Waals surface area contributed by atoms with Gasteiger partial charge in [0.25, 0.3) is 11.1 Å². The van der Waals surface area contributed by atoms with Crippen molar-refractivity contribution >= 4 is 45.5 Å². The van der Waals surface area contributed by atoms with Gasteiger partial charge >= 0.3 is 29.9 Å². The van der Waals surface area contributed by atoms with Crippen LogP contribution in [0.2, 0.25) is 10.6 Å². The maximum absolute atomic E-state index is 12.7. The van der Waals surface area contributed by atoms with Crippen LogP contribution in [-0.2, 0) is 32.7 Å². The van der Waals surface area contributed by atoms with Crippen LogP contribution in [0.5, 0.6) is 0 Å². The molecule has 4 rings (SSSR count). The van der Waals surface area contributed by atoms with Crippen molar-refractivity contribution in [2.75, 3.05) is 0 Å². The molecular weight excluding hydrogens is 754 g/mol. The first-order valence-corrected chi connectivity index (χ1v) is 15.6. The van der Waals surface area contributed by atoms with E-state index in [0.717, 1.165) is 9.13 Å². The van der Waals surface area contributed by atoms with Gasteiger partial charge in [0, 0.05) is 52.0 Å². The van der Waals surface area contributed by atoms with Crippen LogP contribution < -0.4 is 22.5 Å². The number of rotatable bonds is 13. The van der Waals surface area contributed by atoms with E-state index in [0.29, 0.717) is 4.57 Å². The SMILES string of the molecule is C=CCn1c(Cl)nc2c1c(=O)[nH]c(=O)n2CCCC(F)(F)F.C=CCn1c(Cl)nc2c1c(=O)n(CCCC(F)(F)F)c(=O)n2CCCC(F)(F)F. The summed E-state index contributed by atoms with van der Waals surface area (Å²) in [4.78, 5) is 58.9. The molecule has 0 saturated heterocycles. The molecule has 4 aromatic rings. The van der Waals surface area contributed by atoms with Gasteiger partial charge in [-0.25, -0.2) is 9.59 Å². The molecule has 0 aliphatic heterocycles. The molecule has 0 aliphatic rings. The van der Waals surface area contributed by atoms with Gasteiger partial charge in [0.15, 0.2) is 22.3 Å². The predicted molar refractivity (Wildman–Crippen MR) is 169 cm³/mol. The Balaban J connectivity index is 0.000000286. The number of imidazole rings is 2. The summed E-state index contributed by atoms with van der Waals surface area (Å²) in [6, 6.07) is 0. The van der Waals surface area contributed by atoms with Gasteiger partial charge in [-0.2, -0.15) is 49.5 Å². The van der Waals surface area contributed by atoms with Gasteiger partial charge in [-0.1, -0.05) is 12.2 Å². The Labute approximate surface area is 290 Å². The Hall–Kier alpha value is -4.27. The summed E-state index contributed by atoms with van der Waals surface area (Å²) in [5.41, 5.74) is -3.89. The molecule has 0 aliphatic carbocycles. The van der Waals surface area contributed by atoms with E-state index in [1.807, 2.05) is 0 Å². The lowest BCUT2D eigenvalue weighted by Crippen LogP contribution is -2.41. The fraction of sp³-hybridized carbons (Fsp3) is 0.500. The molecule has 23 heteroatoms. The zero-order valence-corrected chi connectivity index (χ0v) is 27.8. The van der Waals surface area contributed by atoms with Gasteiger partial charge in [-0.15, -0.1) is 13.2 Å². The highest BCUT2D eigenvalue weighted by Crippen LogP contribution is 2.24. The molecule has 0 aromatic carbocycles. The number of halogens is 11. The molecule has 0 saturated carbocycles. The number of fused-ring (bicyclic) bond motifs is 2. The molecule has 0 bridgehead atoms. The van der Waals surface area contributed by atoms with Gasteiger partial charge in [-0.3, -0.25) is 28.3 Å². The lowest BCUT2D eigenvalue weighted by Gasteiger charge is -2.13. The number of H-pyrrole nitrogens is 1. The number of aryl methyl sites for hydroxylation is 2. The Morgan fingerprint density at radius 3 is 1.43 bits per heavy atom. The second-order valence-corrected chi connectivity index (χ2v) is 11.5. The van der Waals surface area contributed by atoms with Crippen molar-refractivity contribution in [1.82, 2.24) is 37.8 Å². The third-order valence-electron chi connectivity index (χ3n) is 7.06. The standard InChI is InChI=1S/C16H17ClF6N4O2.C12H12ClF3N4O2/c1-2-7-25-10-11(24-13(25)17)26(8-3-5-15(18,19)20)14(29)27(12(10)28)9-4-6-16(21,22)23;1-2-5-19-7-8(17-10(19)13)20(11(22)18-9(7)21)6-3-4-12(14,15)16/h2H,1,3-9H2;2H,1,3-6H2,(H,18,21,22). The minimum absolute atomic E-state index is 0.00782. The normalized spacial score (nSPS) is 12.4. The molecule has 0 spiro atoms. The number of hydrogen-bond acceptors (Lipinski definition) is 6. The summed E-state index contributed by atoms with van der Waals surface area (Å²) < 4.78 is 116. The van der Waals surface area contributed by atoms with Crippen molar-refractivity contribution in [2.45, 2.75) is 89.8 Å². The van der Waals surface area contributed by atoms with Crippen molar-refractivity contribution in [1.29, 1.82) is 0 Å². The third-order valence-corrected chi connectivity index (χ3v) is 7.63. The maximum atomic E-state index is 12.7. The van der Waals surface area contributed by atoms with Crippen molar-refractivity contribution in [2.24, 2.45) is 0 Å². The molecule has 0 atom stereocenters. The Morgan fingerprint density at radius 2 is 1.00 bits per heavy atom. The van der Waals surface area contributed by atoms with Crippen LogP contribution in [0.1, 0.15) is 38.5 Å². The average Bonchev–Trinajstić information content (AvgIpc) is 3.49. The molecule has 12 nitrogen and oxygen atoms in total. The van der Waals surface area contributed by atoms with Crippen LogP contribution >= 0.6 is 23.2 Å². The fourth-order valence-electron chi connectivity index (χ4n) is 4.92. The van der Waals surface area contributed by atoms with Crippen molar-refractivity contribution in [3.8, 4) is 0 Å². The highest BCUT2D eigenvalue weighted by Gasteiger charge is 2.29. The van der Waals surface area contributed by atoms with Gasteiger partial charge in [-0.05, 0) is 42.5 Å². The van der Waals surface area contributed by atoms with E-state index in [1.165, 1.54) is 21.3 Å². The van der Waals surface area contributed by atoms with Crippen LogP contribution in [0.3, 0.4) is 0 Å². The molecule has 4 heterocycles. The molecule has 1 N–H and O–H groups in total. The summed E-state index contributed by atoms with van der Waals surface area (Å²) in [6.07, 6.45) is -15.2. The third kappa shape index (κ3) is 10.6. The summed E-state index contributed by atoms with van der Waals surface area (Å²) in [5.74, 6) is 0. The van der Waals surface area contributed by atoms with Crippen LogP contribution in [0.4, 0.5) is 39.5 Å². The van der Waals surface area contributed by atoms with E-state index in [-0.39, 0.29) is 59.0 Å². The number of aromatic amines is 1. The monoisotopic (exact) mass is 782 g/mol. The largest absolute Gasteiger partial charge is 0.389 e. The molecule has 282 valence electrons. The first kappa shape index (κ1) is 41.2. The topological polar surface area (TPSA) is 135 Å². The summed E-state index contributed by atoms with van der Waals surface area (Å²) in [6.45, 7) is 5.98. The summed E-state index contributed by atoms with van der Waals surface area (Å²) >= 11 is 11.9. The second kappa shape index (κ2) is 16.4. The highest BCUT2D eigenvalue weighted by molar-refractivity contribution is 6.29. The number of alkyl halides is 9. The molecule has 0 fully saturated rings. The zero-order valence-electron chi connectivity index (χ0n) is 26.3. The van der Waals surface area contributed by atoms with Gasteiger partial charge in [0.05, 0.1) is 0 Å². The van der Waals surface area contributed by atoms with Crippen LogP contribution in [0.15, 0.2) is 44.5 Å². The van der Waals surface area contributed by atoms with E-state index in [4.69, 9.17) is 23.2 Å². The van der Waals surface area contributed by atoms with Gasteiger partial charge in [0.2, 0.25) is 10.6 Å². The van der Waals surface area contributed by atoms with Crippen molar-refractivity contribution < 1.29 is 39.5 Å². The number of nitrogens with zero attached hydrogens (tertiary/aromatic N) is 7. The predicted octanol–water partition coefficient (Wildman–Crippen LogP) is 5.95. The first-order chi connectivity index (χ1) is 23.6. The van der Waals surface area contributed by atoms with E-state index in [2.05, 4.69) is 28.1 Å². The van der Waals surface area contributed by atoms with E-state index in [1.54, 1.807) is 0 Å². The Kier molecular flexibility index (Phi) is 13.2. The van der Waals surface area contributed by atoms with Crippen molar-refractivity contribution in [3.63, 3.8) is 0 Å². The highest BCUT2D eigenvalue weighted by atomic mass is 35.5. The molecule has 0 unspecified atom stereocenters. The Bertz CT molecular complexity index is 2120. The molecule has 4 aromatic heterocycles. The van der Waals surface area contributed by atoms with Gasteiger partial charge < -0.3 is 9.13 Å². The maximum Gasteiger partial charge on any atom is 0.389 e. The molecule has 0 radical (unpaired) electrons. The Morgan fingerprint density at radius 1 is 0.608 bits per heavy atom. The van der Waals surface area contributed by atoms with Crippen LogP contribution in [0.25, 0.3) is 22.3 Å². The van der Waals surface area contributed by atoms with Crippen LogP contribution in [-0.4, -0.2) is 56.3 Å². The zero-order chi connectivity index (χ0) is 38.5. The smallest absolute Gasteiger partial charge is 0.305 e. The lowest BCUT2D eigenvalue weighted by atomic mass is 10.3. The average molecular weight is 783 g/mol. The fourth-order valence-corrected chi connectivity index (χ4v) is 5.39. The molecule has 51 heavy (non-hydrogen) atoms. The number of nitrogens with one attached hydrogen (secondary N) is 1. The minimum atomic E-state index is -4.48. The van der Waals surface area contributed by atoms with Gasteiger partial charge in [0.1, 0.15) is 0 Å². The second-order valence-electron chi connectivity index (χ2n) is 10.9. The molecule has 0 amide bonds. The number of allylic oxidation sites excluding steroid dienone is 2. The van der Waals surface area contributed by atoms with Crippen LogP contribution in [0, 0.1) is 0 Å². The summed E-state index contributed by atoms with van der Waals surface area (Å²) in [5, 5.41) is -0.246. The van der Waals surface area contributed by atoms with E-state index >= 15 is 0 Å². The number of aromatic nitrogens is 8. The van der Waals surface area contributed by atoms with E-state index in [9.17, 15) is 58.7 Å². The van der Waals surface area contributed by atoms with E-state index < -0.39 is 86.2 Å². The first-order valence-electron chi connectivity index (χ1n) is 14.8. The quantitative estimate of drug-likeness (QED) is 0.101. The van der Waals surface area contributed by atoms with Crippen molar-refractivity contribution in [3.05, 3.63) is 77.6 Å². The lowest BCUT2D eigenvalue weighted by molar-refractivity contribution is -0.136. The summed E-state index contributed by atoms with van der Waals surface area (Å²) in [7, 11) is 0. The minimum Gasteiger partial charge on any atom is -0.305 e. The molecular formula is C28H29Cl2F9N8O4.